The highest BCUT2D eigenvalue weighted by Crippen LogP contribution is 2.18. The first kappa shape index (κ1) is 13.4. The number of hydrogen-bond acceptors (Lipinski definition) is 5. The van der Waals surface area contributed by atoms with Crippen LogP contribution in [-0.4, -0.2) is 19.7 Å². The van der Waals surface area contributed by atoms with Gasteiger partial charge in [-0.25, -0.2) is 4.98 Å². The van der Waals surface area contributed by atoms with Gasteiger partial charge in [-0.05, 0) is 5.56 Å². The maximum Gasteiger partial charge on any atom is 0.223 e. The molecule has 0 spiro atoms. The van der Waals surface area contributed by atoms with Crippen LogP contribution in [0.1, 0.15) is 5.56 Å². The fourth-order valence-electron chi connectivity index (χ4n) is 1.93. The number of nitrogen functional groups attached to an aromatic ring is 1. The Kier molecular flexibility index (Phi) is 3.70. The quantitative estimate of drug-likeness (QED) is 0.724. The molecule has 0 aliphatic rings. The van der Waals surface area contributed by atoms with Gasteiger partial charge in [-0.15, -0.1) is 0 Å². The highest BCUT2D eigenvalue weighted by Gasteiger charge is 2.04. The van der Waals surface area contributed by atoms with Crippen LogP contribution in [0.5, 0.6) is 0 Å². The molecule has 106 valence electrons. The van der Waals surface area contributed by atoms with Crippen molar-refractivity contribution >= 4 is 29.1 Å². The number of nitrogens with two attached hydrogens (primary N) is 1. The van der Waals surface area contributed by atoms with Crippen molar-refractivity contribution in [2.45, 2.75) is 6.54 Å². The number of aromatic nitrogens is 4. The van der Waals surface area contributed by atoms with E-state index in [1.807, 2.05) is 29.1 Å². The van der Waals surface area contributed by atoms with Crippen molar-refractivity contribution in [3.63, 3.8) is 0 Å². The molecule has 0 aliphatic carbocycles. The standard InChI is InChI=1S/C14H13ClN6/c15-12-6-13(20-14(16)19-12)18-11-7-17-21(9-11)8-10-4-2-1-3-5-10/h1-7,9H,8H2,(H3,16,18,19,20). The predicted octanol–water partition coefficient (Wildman–Crippen LogP) is 2.70. The molecule has 0 saturated carbocycles. The Balaban J connectivity index is 1.73. The molecule has 0 unspecified atom stereocenters. The van der Waals surface area contributed by atoms with E-state index < -0.39 is 0 Å². The van der Waals surface area contributed by atoms with Gasteiger partial charge in [0.25, 0.3) is 0 Å². The normalized spacial score (nSPS) is 10.5. The Bertz CT molecular complexity index is 720. The van der Waals surface area contributed by atoms with Gasteiger partial charge in [0.2, 0.25) is 5.95 Å². The zero-order valence-corrected chi connectivity index (χ0v) is 11.8. The molecule has 3 rings (SSSR count). The van der Waals surface area contributed by atoms with Gasteiger partial charge in [-0.1, -0.05) is 41.9 Å². The SMILES string of the molecule is Nc1nc(Cl)cc(Nc2cnn(Cc3ccccc3)c2)n1. The van der Waals surface area contributed by atoms with Crippen LogP contribution < -0.4 is 11.1 Å². The lowest BCUT2D eigenvalue weighted by atomic mass is 10.2. The van der Waals surface area contributed by atoms with Crippen molar-refractivity contribution in [2.75, 3.05) is 11.1 Å². The van der Waals surface area contributed by atoms with Crippen LogP contribution in [0.15, 0.2) is 48.8 Å². The number of benzene rings is 1. The van der Waals surface area contributed by atoms with E-state index in [4.69, 9.17) is 17.3 Å². The van der Waals surface area contributed by atoms with Crippen LogP contribution in [0.25, 0.3) is 0 Å². The van der Waals surface area contributed by atoms with Crippen molar-refractivity contribution in [2.24, 2.45) is 0 Å². The number of rotatable bonds is 4. The van der Waals surface area contributed by atoms with Gasteiger partial charge in [-0.3, -0.25) is 4.68 Å². The fourth-order valence-corrected chi connectivity index (χ4v) is 2.12. The Hall–Kier alpha value is -2.60. The highest BCUT2D eigenvalue weighted by atomic mass is 35.5. The van der Waals surface area contributed by atoms with Gasteiger partial charge in [0.1, 0.15) is 11.0 Å². The number of anilines is 3. The molecule has 2 heterocycles. The van der Waals surface area contributed by atoms with E-state index in [2.05, 4.69) is 32.5 Å². The minimum absolute atomic E-state index is 0.127. The average molecular weight is 301 g/mol. The molecule has 3 N–H and O–H groups in total. The van der Waals surface area contributed by atoms with Gasteiger partial charge < -0.3 is 11.1 Å². The summed E-state index contributed by atoms with van der Waals surface area (Å²) in [5.41, 5.74) is 7.54. The molecular weight excluding hydrogens is 288 g/mol. The summed E-state index contributed by atoms with van der Waals surface area (Å²) in [6.07, 6.45) is 3.61. The fraction of sp³-hybridized carbons (Fsp3) is 0.0714. The molecule has 6 nitrogen and oxygen atoms in total. The number of halogens is 1. The van der Waals surface area contributed by atoms with Crippen molar-refractivity contribution in [1.29, 1.82) is 0 Å². The van der Waals surface area contributed by atoms with Gasteiger partial charge in [0.05, 0.1) is 18.4 Å². The molecule has 0 fully saturated rings. The topological polar surface area (TPSA) is 81.6 Å². The zero-order chi connectivity index (χ0) is 14.7. The van der Waals surface area contributed by atoms with E-state index in [-0.39, 0.29) is 5.95 Å². The first-order valence-corrected chi connectivity index (χ1v) is 6.70. The summed E-state index contributed by atoms with van der Waals surface area (Å²) >= 11 is 5.84. The summed E-state index contributed by atoms with van der Waals surface area (Å²) in [6, 6.07) is 11.7. The van der Waals surface area contributed by atoms with Crippen LogP contribution >= 0.6 is 11.6 Å². The molecule has 0 aliphatic heterocycles. The van der Waals surface area contributed by atoms with Crippen molar-refractivity contribution in [3.05, 3.63) is 59.5 Å². The van der Waals surface area contributed by atoms with Gasteiger partial charge >= 0.3 is 0 Å². The molecule has 2 aromatic heterocycles. The van der Waals surface area contributed by atoms with E-state index >= 15 is 0 Å². The molecule has 7 heteroatoms. The van der Waals surface area contributed by atoms with Gasteiger partial charge in [-0.2, -0.15) is 10.1 Å². The van der Waals surface area contributed by atoms with Gasteiger partial charge in [0, 0.05) is 12.3 Å². The lowest BCUT2D eigenvalue weighted by molar-refractivity contribution is 0.687. The van der Waals surface area contributed by atoms with E-state index in [0.717, 1.165) is 5.69 Å². The van der Waals surface area contributed by atoms with Gasteiger partial charge in [0.15, 0.2) is 0 Å². The smallest absolute Gasteiger partial charge is 0.223 e. The Morgan fingerprint density at radius 2 is 2.00 bits per heavy atom. The Morgan fingerprint density at radius 1 is 1.19 bits per heavy atom. The molecule has 0 radical (unpaired) electrons. The third-order valence-corrected chi connectivity index (χ3v) is 3.00. The summed E-state index contributed by atoms with van der Waals surface area (Å²) in [7, 11) is 0. The van der Waals surface area contributed by atoms with Crippen LogP contribution in [0.2, 0.25) is 5.15 Å². The van der Waals surface area contributed by atoms with E-state index in [9.17, 15) is 0 Å². The summed E-state index contributed by atoms with van der Waals surface area (Å²) in [5.74, 6) is 0.661. The molecule has 0 atom stereocenters. The minimum atomic E-state index is 0.127. The maximum atomic E-state index is 5.84. The van der Waals surface area contributed by atoms with Crippen molar-refractivity contribution < 1.29 is 0 Å². The lowest BCUT2D eigenvalue weighted by Gasteiger charge is -2.03. The van der Waals surface area contributed by atoms with E-state index in [0.29, 0.717) is 17.5 Å². The molecule has 1 aromatic carbocycles. The second-order valence-electron chi connectivity index (χ2n) is 4.47. The van der Waals surface area contributed by atoms with Crippen molar-refractivity contribution in [1.82, 2.24) is 19.7 Å². The summed E-state index contributed by atoms with van der Waals surface area (Å²) < 4.78 is 1.84. The zero-order valence-electron chi connectivity index (χ0n) is 11.1. The molecule has 3 aromatic rings. The monoisotopic (exact) mass is 300 g/mol. The summed E-state index contributed by atoms with van der Waals surface area (Å²) in [4.78, 5) is 7.86. The number of nitrogens with one attached hydrogen (secondary N) is 1. The maximum absolute atomic E-state index is 5.84. The largest absolute Gasteiger partial charge is 0.368 e. The lowest BCUT2D eigenvalue weighted by Crippen LogP contribution is -2.00. The predicted molar refractivity (Wildman–Crippen MR) is 82.5 cm³/mol. The third-order valence-electron chi connectivity index (χ3n) is 2.81. The molecule has 21 heavy (non-hydrogen) atoms. The molecule has 0 saturated heterocycles. The number of hydrogen-bond donors (Lipinski definition) is 2. The molecule has 0 amide bonds. The summed E-state index contributed by atoms with van der Waals surface area (Å²) in [6.45, 7) is 0.704. The Morgan fingerprint density at radius 3 is 2.76 bits per heavy atom. The minimum Gasteiger partial charge on any atom is -0.368 e. The second-order valence-corrected chi connectivity index (χ2v) is 4.86. The van der Waals surface area contributed by atoms with Crippen LogP contribution in [0.4, 0.5) is 17.5 Å². The van der Waals surface area contributed by atoms with Crippen molar-refractivity contribution in [3.8, 4) is 0 Å². The third kappa shape index (κ3) is 3.49. The average Bonchev–Trinajstić information content (AvgIpc) is 2.86. The van der Waals surface area contributed by atoms with Crippen LogP contribution in [0.3, 0.4) is 0 Å². The second kappa shape index (κ2) is 5.80. The van der Waals surface area contributed by atoms with E-state index in [1.165, 1.54) is 5.56 Å². The first-order chi connectivity index (χ1) is 10.2. The highest BCUT2D eigenvalue weighted by molar-refractivity contribution is 6.29. The van der Waals surface area contributed by atoms with Crippen LogP contribution in [0, 0.1) is 0 Å². The molecule has 0 bridgehead atoms. The van der Waals surface area contributed by atoms with E-state index in [1.54, 1.807) is 12.3 Å². The first-order valence-electron chi connectivity index (χ1n) is 6.32. The molecular formula is C14H13ClN6. The number of nitrogens with zero attached hydrogens (tertiary/aromatic N) is 4. The van der Waals surface area contributed by atoms with Crippen LogP contribution in [-0.2, 0) is 6.54 Å². The summed E-state index contributed by atoms with van der Waals surface area (Å²) in [5, 5.41) is 7.69. The Labute approximate surface area is 126 Å².